The summed E-state index contributed by atoms with van der Waals surface area (Å²) in [5.41, 5.74) is 5.22. The summed E-state index contributed by atoms with van der Waals surface area (Å²) in [4.78, 5) is 24.6. The highest BCUT2D eigenvalue weighted by atomic mass is 32.1. The molecule has 1 aliphatic heterocycles. The number of hydrogen-bond acceptors (Lipinski definition) is 5. The molecular weight excluding hydrogens is 360 g/mol. The van der Waals surface area contributed by atoms with Gasteiger partial charge in [-0.1, -0.05) is 34.8 Å². The van der Waals surface area contributed by atoms with Crippen LogP contribution in [0.1, 0.15) is 29.9 Å². The number of amides is 2. The second-order valence-corrected chi connectivity index (χ2v) is 7.15. The van der Waals surface area contributed by atoms with Crippen LogP contribution in [0.2, 0.25) is 0 Å². The molecule has 0 radical (unpaired) electrons. The maximum atomic E-state index is 12.5. The normalized spacial score (nSPS) is 15.3. The highest BCUT2D eigenvalue weighted by Gasteiger charge is 2.30. The molecule has 136 valence electrons. The quantitative estimate of drug-likeness (QED) is 0.704. The number of nitrogens with zero attached hydrogens (tertiary/aromatic N) is 2. The third-order valence-electron chi connectivity index (χ3n) is 4.74. The topological polar surface area (TPSA) is 84.0 Å². The first kappa shape index (κ1) is 17.4. The average molecular weight is 378 g/mol. The van der Waals surface area contributed by atoms with Gasteiger partial charge in [0.25, 0.3) is 0 Å². The molecule has 2 N–H and O–H groups in total. The zero-order valence-electron chi connectivity index (χ0n) is 14.7. The van der Waals surface area contributed by atoms with Crippen LogP contribution in [0.4, 0.5) is 11.4 Å². The predicted molar refractivity (Wildman–Crippen MR) is 106 cm³/mol. The van der Waals surface area contributed by atoms with Crippen molar-refractivity contribution in [1.82, 2.24) is 9.59 Å². The number of fused-ring (bicyclic) bond motifs is 1. The van der Waals surface area contributed by atoms with Crippen molar-refractivity contribution >= 4 is 34.7 Å². The van der Waals surface area contributed by atoms with E-state index in [-0.39, 0.29) is 24.2 Å². The van der Waals surface area contributed by atoms with Crippen LogP contribution in [0.3, 0.4) is 0 Å². The number of anilines is 2. The summed E-state index contributed by atoms with van der Waals surface area (Å²) in [7, 11) is 0. The largest absolute Gasteiger partial charge is 0.326 e. The molecule has 0 saturated heterocycles. The molecule has 0 bridgehead atoms. The first-order valence-corrected chi connectivity index (χ1v) is 9.53. The van der Waals surface area contributed by atoms with Gasteiger partial charge in [0, 0.05) is 28.7 Å². The fourth-order valence-electron chi connectivity index (χ4n) is 3.26. The van der Waals surface area contributed by atoms with E-state index in [0.717, 1.165) is 33.8 Å². The van der Waals surface area contributed by atoms with Crippen molar-refractivity contribution in [2.24, 2.45) is 0 Å². The third-order valence-corrected chi connectivity index (χ3v) is 5.24. The Morgan fingerprint density at radius 3 is 2.93 bits per heavy atom. The van der Waals surface area contributed by atoms with Crippen molar-refractivity contribution in [3.63, 3.8) is 0 Å². The monoisotopic (exact) mass is 378 g/mol. The fourth-order valence-corrected chi connectivity index (χ4v) is 3.72. The van der Waals surface area contributed by atoms with Gasteiger partial charge in [0.05, 0.1) is 5.92 Å². The molecule has 4 rings (SSSR count). The summed E-state index contributed by atoms with van der Waals surface area (Å²) in [6.07, 6.45) is 0.748. The molecule has 1 atom stereocenters. The van der Waals surface area contributed by atoms with Crippen LogP contribution >= 0.6 is 11.5 Å². The molecule has 2 amide bonds. The first-order chi connectivity index (χ1) is 13.1. The van der Waals surface area contributed by atoms with Crippen LogP contribution in [0.15, 0.2) is 47.8 Å². The zero-order chi connectivity index (χ0) is 18.8. The number of carbonyl (C=O) groups excluding carboxylic acids is 2. The van der Waals surface area contributed by atoms with E-state index in [0.29, 0.717) is 6.42 Å². The lowest BCUT2D eigenvalue weighted by molar-refractivity contribution is -0.118. The lowest BCUT2D eigenvalue weighted by atomic mass is 9.95. The molecule has 0 fully saturated rings. The number of rotatable bonds is 5. The standard InChI is InChI=1S/C20H18N4O2S/c1-12-6-7-13(18-11-27-24-23-18)10-17(12)21-19(25)9-8-15-14-4-2-3-5-16(14)22-20(15)26/h2-7,10-11,15H,8-9H2,1H3,(H,21,25)(H,22,26)/t15-/m1/s1. The van der Waals surface area contributed by atoms with Crippen molar-refractivity contribution in [3.8, 4) is 11.3 Å². The third kappa shape index (κ3) is 3.59. The highest BCUT2D eigenvalue weighted by molar-refractivity contribution is 7.03. The predicted octanol–water partition coefficient (Wildman–Crippen LogP) is 3.97. The maximum Gasteiger partial charge on any atom is 0.232 e. The van der Waals surface area contributed by atoms with Crippen LogP contribution < -0.4 is 10.6 Å². The van der Waals surface area contributed by atoms with Crippen molar-refractivity contribution in [2.75, 3.05) is 10.6 Å². The van der Waals surface area contributed by atoms with Gasteiger partial charge in [-0.15, -0.1) is 5.10 Å². The van der Waals surface area contributed by atoms with Gasteiger partial charge in [-0.2, -0.15) is 0 Å². The summed E-state index contributed by atoms with van der Waals surface area (Å²) >= 11 is 1.29. The molecule has 1 aliphatic rings. The summed E-state index contributed by atoms with van der Waals surface area (Å²) < 4.78 is 3.88. The van der Waals surface area contributed by atoms with Crippen LogP contribution in [-0.4, -0.2) is 21.4 Å². The molecule has 6 nitrogen and oxygen atoms in total. The van der Waals surface area contributed by atoms with Crippen molar-refractivity contribution in [2.45, 2.75) is 25.7 Å². The summed E-state index contributed by atoms with van der Waals surface area (Å²) in [5.74, 6) is -0.428. The maximum absolute atomic E-state index is 12.5. The zero-order valence-corrected chi connectivity index (χ0v) is 15.5. The molecule has 0 spiro atoms. The van der Waals surface area contributed by atoms with E-state index in [1.165, 1.54) is 11.5 Å². The molecule has 2 heterocycles. The Kier molecular flexibility index (Phi) is 4.68. The number of aryl methyl sites for hydroxylation is 1. The van der Waals surface area contributed by atoms with Gasteiger partial charge >= 0.3 is 0 Å². The van der Waals surface area contributed by atoms with Crippen LogP contribution in [0.25, 0.3) is 11.3 Å². The van der Waals surface area contributed by atoms with Gasteiger partial charge in [0.15, 0.2) is 0 Å². The van der Waals surface area contributed by atoms with Gasteiger partial charge in [-0.25, -0.2) is 0 Å². The number of benzene rings is 2. The Hall–Kier alpha value is -3.06. The van der Waals surface area contributed by atoms with E-state index >= 15 is 0 Å². The Bertz CT molecular complexity index is 1000. The molecule has 0 unspecified atom stereocenters. The summed E-state index contributed by atoms with van der Waals surface area (Å²) in [6.45, 7) is 1.94. The Morgan fingerprint density at radius 2 is 2.11 bits per heavy atom. The number of para-hydroxylation sites is 1. The molecular formula is C20H18N4O2S. The first-order valence-electron chi connectivity index (χ1n) is 8.69. The Labute approximate surface area is 160 Å². The number of hydrogen-bond donors (Lipinski definition) is 2. The molecule has 1 aromatic heterocycles. The summed E-state index contributed by atoms with van der Waals surface area (Å²) in [6, 6.07) is 13.4. The van der Waals surface area contributed by atoms with Gasteiger partial charge < -0.3 is 10.6 Å². The van der Waals surface area contributed by atoms with Crippen molar-refractivity contribution in [1.29, 1.82) is 0 Å². The molecule has 3 aromatic rings. The second-order valence-electron chi connectivity index (χ2n) is 6.54. The van der Waals surface area contributed by atoms with E-state index in [1.807, 2.05) is 54.8 Å². The van der Waals surface area contributed by atoms with Crippen LogP contribution in [0, 0.1) is 6.92 Å². The second kappa shape index (κ2) is 7.28. The minimum absolute atomic E-state index is 0.0433. The lowest BCUT2D eigenvalue weighted by Gasteiger charge is -2.12. The summed E-state index contributed by atoms with van der Waals surface area (Å²) in [5, 5.41) is 11.8. The van der Waals surface area contributed by atoms with Crippen LogP contribution in [0.5, 0.6) is 0 Å². The average Bonchev–Trinajstić information content (AvgIpc) is 3.29. The lowest BCUT2D eigenvalue weighted by Crippen LogP contribution is -2.17. The van der Waals surface area contributed by atoms with Crippen LogP contribution in [-0.2, 0) is 9.59 Å². The molecule has 2 aromatic carbocycles. The van der Waals surface area contributed by atoms with E-state index < -0.39 is 0 Å². The molecule has 0 saturated carbocycles. The smallest absolute Gasteiger partial charge is 0.232 e. The number of nitrogens with one attached hydrogen (secondary N) is 2. The minimum atomic E-state index is -0.277. The van der Waals surface area contributed by atoms with Gasteiger partial charge in [0.2, 0.25) is 11.8 Å². The van der Waals surface area contributed by atoms with E-state index in [1.54, 1.807) is 0 Å². The van der Waals surface area contributed by atoms with Crippen molar-refractivity contribution < 1.29 is 9.59 Å². The Balaban J connectivity index is 1.43. The van der Waals surface area contributed by atoms with Gasteiger partial charge in [-0.05, 0) is 48.1 Å². The van der Waals surface area contributed by atoms with E-state index in [4.69, 9.17) is 0 Å². The Morgan fingerprint density at radius 1 is 1.26 bits per heavy atom. The SMILES string of the molecule is Cc1ccc(-c2csnn2)cc1NC(=O)CC[C@H]1C(=O)Nc2ccccc21. The highest BCUT2D eigenvalue weighted by Crippen LogP contribution is 2.35. The van der Waals surface area contributed by atoms with E-state index in [9.17, 15) is 9.59 Å². The molecule has 27 heavy (non-hydrogen) atoms. The minimum Gasteiger partial charge on any atom is -0.326 e. The number of carbonyl (C=O) groups is 2. The molecule has 0 aliphatic carbocycles. The van der Waals surface area contributed by atoms with E-state index in [2.05, 4.69) is 20.2 Å². The molecule has 7 heteroatoms. The van der Waals surface area contributed by atoms with Gasteiger partial charge in [-0.3, -0.25) is 9.59 Å². The number of aromatic nitrogens is 2. The fraction of sp³-hybridized carbons (Fsp3) is 0.200. The van der Waals surface area contributed by atoms with Crippen molar-refractivity contribution in [3.05, 3.63) is 59.0 Å². The van der Waals surface area contributed by atoms with Gasteiger partial charge in [0.1, 0.15) is 5.69 Å².